The summed E-state index contributed by atoms with van der Waals surface area (Å²) in [6, 6.07) is 2.05. The Morgan fingerprint density at radius 3 is 2.58 bits per heavy atom. The molecule has 1 fully saturated rings. The molecule has 1 aliphatic rings. The van der Waals surface area contributed by atoms with Gasteiger partial charge in [-0.3, -0.25) is 4.79 Å². The molecular weight excluding hydrogens is 340 g/mol. The first kappa shape index (κ1) is 14.7. The van der Waals surface area contributed by atoms with Crippen LogP contribution in [0.25, 0.3) is 0 Å². The van der Waals surface area contributed by atoms with E-state index in [2.05, 4.69) is 21.2 Å². The van der Waals surface area contributed by atoms with E-state index >= 15 is 0 Å². The fourth-order valence-electron chi connectivity index (χ4n) is 2.41. The molecule has 0 radical (unpaired) electrons. The SMILES string of the molecule is O=C(NC1CCCC1CCl)c1c(F)cc(Br)cc1F. The quantitative estimate of drug-likeness (QED) is 0.822. The number of rotatable bonds is 3. The maximum absolute atomic E-state index is 13.7. The first-order chi connectivity index (χ1) is 9.02. The third-order valence-electron chi connectivity index (χ3n) is 3.41. The Balaban J connectivity index is 2.16. The van der Waals surface area contributed by atoms with Gasteiger partial charge in [-0.1, -0.05) is 22.4 Å². The van der Waals surface area contributed by atoms with Crippen molar-refractivity contribution in [3.63, 3.8) is 0 Å². The van der Waals surface area contributed by atoms with E-state index in [0.717, 1.165) is 31.4 Å². The van der Waals surface area contributed by atoms with Gasteiger partial charge in [-0.25, -0.2) is 8.78 Å². The van der Waals surface area contributed by atoms with E-state index in [-0.39, 0.29) is 16.4 Å². The zero-order chi connectivity index (χ0) is 14.0. The summed E-state index contributed by atoms with van der Waals surface area (Å²) in [5, 5.41) is 2.68. The highest BCUT2D eigenvalue weighted by atomic mass is 79.9. The lowest BCUT2D eigenvalue weighted by Gasteiger charge is -2.19. The molecule has 2 nitrogen and oxygen atoms in total. The van der Waals surface area contributed by atoms with Crippen LogP contribution in [-0.2, 0) is 0 Å². The van der Waals surface area contributed by atoms with Gasteiger partial charge >= 0.3 is 0 Å². The third kappa shape index (κ3) is 3.26. The molecule has 2 rings (SSSR count). The summed E-state index contributed by atoms with van der Waals surface area (Å²) in [7, 11) is 0. The van der Waals surface area contributed by atoms with Crippen LogP contribution in [0.2, 0.25) is 0 Å². The molecule has 19 heavy (non-hydrogen) atoms. The number of carbonyl (C=O) groups is 1. The first-order valence-corrected chi connectivity index (χ1v) is 7.37. The number of halogens is 4. The fraction of sp³-hybridized carbons (Fsp3) is 0.462. The van der Waals surface area contributed by atoms with Crippen LogP contribution in [0.15, 0.2) is 16.6 Å². The fourth-order valence-corrected chi connectivity index (χ4v) is 3.18. The monoisotopic (exact) mass is 351 g/mol. The molecule has 6 heteroatoms. The van der Waals surface area contributed by atoms with Crippen molar-refractivity contribution in [3.8, 4) is 0 Å². The van der Waals surface area contributed by atoms with Gasteiger partial charge in [0.1, 0.15) is 17.2 Å². The van der Waals surface area contributed by atoms with Crippen LogP contribution in [0.5, 0.6) is 0 Å². The number of amides is 1. The summed E-state index contributed by atoms with van der Waals surface area (Å²) in [5.41, 5.74) is -0.538. The zero-order valence-corrected chi connectivity index (χ0v) is 12.4. The molecule has 1 aliphatic carbocycles. The van der Waals surface area contributed by atoms with Crippen LogP contribution >= 0.6 is 27.5 Å². The van der Waals surface area contributed by atoms with E-state index in [0.29, 0.717) is 5.88 Å². The van der Waals surface area contributed by atoms with Crippen molar-refractivity contribution in [2.45, 2.75) is 25.3 Å². The summed E-state index contributed by atoms with van der Waals surface area (Å²) in [6.45, 7) is 0. The molecule has 104 valence electrons. The van der Waals surface area contributed by atoms with Gasteiger partial charge < -0.3 is 5.32 Å². The summed E-state index contributed by atoms with van der Waals surface area (Å²) < 4.78 is 27.6. The maximum atomic E-state index is 13.7. The van der Waals surface area contributed by atoms with Gasteiger partial charge in [0.25, 0.3) is 5.91 Å². The Hall–Kier alpha value is -0.680. The second-order valence-corrected chi connectivity index (χ2v) is 5.89. The van der Waals surface area contributed by atoms with Crippen molar-refractivity contribution in [2.75, 3.05) is 5.88 Å². The topological polar surface area (TPSA) is 29.1 Å². The average Bonchev–Trinajstić information content (AvgIpc) is 2.74. The molecule has 0 spiro atoms. The summed E-state index contributed by atoms with van der Waals surface area (Å²) in [6.07, 6.45) is 2.69. The Bertz CT molecular complexity index is 475. The number of carbonyl (C=O) groups excluding carboxylic acids is 1. The molecule has 1 amide bonds. The molecular formula is C13H13BrClF2NO. The van der Waals surface area contributed by atoms with Gasteiger partial charge in [0, 0.05) is 16.4 Å². The van der Waals surface area contributed by atoms with Crippen LogP contribution in [0.3, 0.4) is 0 Å². The van der Waals surface area contributed by atoms with E-state index < -0.39 is 23.1 Å². The van der Waals surface area contributed by atoms with E-state index in [1.807, 2.05) is 0 Å². The summed E-state index contributed by atoms with van der Waals surface area (Å²) in [4.78, 5) is 12.0. The van der Waals surface area contributed by atoms with Crippen molar-refractivity contribution < 1.29 is 13.6 Å². The highest BCUT2D eigenvalue weighted by Crippen LogP contribution is 2.27. The second kappa shape index (κ2) is 6.18. The van der Waals surface area contributed by atoms with Crippen LogP contribution in [0.1, 0.15) is 29.6 Å². The van der Waals surface area contributed by atoms with Gasteiger partial charge in [0.15, 0.2) is 0 Å². The number of benzene rings is 1. The summed E-state index contributed by atoms with van der Waals surface area (Å²) >= 11 is 8.79. The van der Waals surface area contributed by atoms with Crippen molar-refractivity contribution >= 4 is 33.4 Å². The van der Waals surface area contributed by atoms with Crippen LogP contribution in [0.4, 0.5) is 8.78 Å². The Morgan fingerprint density at radius 1 is 1.37 bits per heavy atom. The van der Waals surface area contributed by atoms with Crippen molar-refractivity contribution in [1.82, 2.24) is 5.32 Å². The maximum Gasteiger partial charge on any atom is 0.257 e. The number of hydrogen-bond donors (Lipinski definition) is 1. The Morgan fingerprint density at radius 2 is 2.00 bits per heavy atom. The van der Waals surface area contributed by atoms with Crippen molar-refractivity contribution in [3.05, 3.63) is 33.8 Å². The van der Waals surface area contributed by atoms with Gasteiger partial charge in [-0.05, 0) is 30.9 Å². The summed E-state index contributed by atoms with van der Waals surface area (Å²) in [5.74, 6) is -1.85. The second-order valence-electron chi connectivity index (χ2n) is 4.67. The van der Waals surface area contributed by atoms with E-state index in [1.165, 1.54) is 0 Å². The number of alkyl halides is 1. The van der Waals surface area contributed by atoms with E-state index in [4.69, 9.17) is 11.6 Å². The zero-order valence-electron chi connectivity index (χ0n) is 10.1. The van der Waals surface area contributed by atoms with Crippen LogP contribution < -0.4 is 5.32 Å². The molecule has 1 aromatic rings. The van der Waals surface area contributed by atoms with Crippen molar-refractivity contribution in [2.24, 2.45) is 5.92 Å². The standard InChI is InChI=1S/C13H13BrClF2NO/c14-8-4-9(16)12(10(17)5-8)13(19)18-11-3-1-2-7(11)6-15/h4-5,7,11H,1-3,6H2,(H,18,19). The lowest BCUT2D eigenvalue weighted by atomic mass is 10.1. The molecule has 2 atom stereocenters. The van der Waals surface area contributed by atoms with Crippen LogP contribution in [-0.4, -0.2) is 17.8 Å². The van der Waals surface area contributed by atoms with Crippen LogP contribution in [0, 0.1) is 17.6 Å². The van der Waals surface area contributed by atoms with Crippen molar-refractivity contribution in [1.29, 1.82) is 0 Å². The minimum absolute atomic E-state index is 0.104. The molecule has 0 bridgehead atoms. The molecule has 2 unspecified atom stereocenters. The van der Waals surface area contributed by atoms with E-state index in [9.17, 15) is 13.6 Å². The molecule has 1 aromatic carbocycles. The minimum Gasteiger partial charge on any atom is -0.349 e. The van der Waals surface area contributed by atoms with Gasteiger partial charge in [-0.2, -0.15) is 0 Å². The van der Waals surface area contributed by atoms with Gasteiger partial charge in [0.05, 0.1) is 0 Å². The minimum atomic E-state index is -0.871. The highest BCUT2D eigenvalue weighted by Gasteiger charge is 2.29. The highest BCUT2D eigenvalue weighted by molar-refractivity contribution is 9.10. The molecule has 0 heterocycles. The largest absolute Gasteiger partial charge is 0.349 e. The Kier molecular flexibility index (Phi) is 4.79. The number of hydrogen-bond acceptors (Lipinski definition) is 1. The van der Waals surface area contributed by atoms with E-state index in [1.54, 1.807) is 0 Å². The third-order valence-corrected chi connectivity index (χ3v) is 4.26. The predicted octanol–water partition coefficient (Wildman–Crippen LogP) is 3.86. The normalized spacial score (nSPS) is 22.5. The predicted molar refractivity (Wildman–Crippen MR) is 73.4 cm³/mol. The van der Waals surface area contributed by atoms with Gasteiger partial charge in [-0.15, -0.1) is 11.6 Å². The Labute approximate surface area is 123 Å². The van der Waals surface area contributed by atoms with Gasteiger partial charge in [0.2, 0.25) is 0 Å². The molecule has 0 aliphatic heterocycles. The smallest absolute Gasteiger partial charge is 0.257 e. The number of nitrogens with one attached hydrogen (secondary N) is 1. The lowest BCUT2D eigenvalue weighted by Crippen LogP contribution is -2.38. The lowest BCUT2D eigenvalue weighted by molar-refractivity contribution is 0.0921. The average molecular weight is 353 g/mol. The first-order valence-electron chi connectivity index (χ1n) is 6.04. The molecule has 1 saturated carbocycles. The molecule has 0 aromatic heterocycles. The molecule has 1 N–H and O–H groups in total. The molecule has 0 saturated heterocycles.